The molecule has 1 heterocycles. The van der Waals surface area contributed by atoms with Crippen LogP contribution in [-0.2, 0) is 4.74 Å². The van der Waals surface area contributed by atoms with Crippen LogP contribution in [0.5, 0.6) is 0 Å². The minimum absolute atomic E-state index is 0.0663. The first-order chi connectivity index (χ1) is 7.81. The molecule has 0 spiro atoms. The summed E-state index contributed by atoms with van der Waals surface area (Å²) in [7, 11) is 0. The van der Waals surface area contributed by atoms with Crippen LogP contribution >= 0.6 is 0 Å². The van der Waals surface area contributed by atoms with Crippen LogP contribution in [0.25, 0.3) is 0 Å². The van der Waals surface area contributed by atoms with Gasteiger partial charge in [0.05, 0.1) is 11.6 Å². The summed E-state index contributed by atoms with van der Waals surface area (Å²) < 4.78 is 5.32. The van der Waals surface area contributed by atoms with E-state index in [-0.39, 0.29) is 6.04 Å². The molecule has 0 unspecified atom stereocenters. The SMILES string of the molecule is N#Cc1ccc([C@H](N)C2CCOCC2)cc1. The molecule has 16 heavy (non-hydrogen) atoms. The van der Waals surface area contributed by atoms with E-state index in [1.54, 1.807) is 0 Å². The predicted octanol–water partition coefficient (Wildman–Crippen LogP) is 1.98. The molecule has 1 aliphatic heterocycles. The van der Waals surface area contributed by atoms with Crippen LogP contribution in [0.1, 0.15) is 30.0 Å². The molecular weight excluding hydrogens is 200 g/mol. The van der Waals surface area contributed by atoms with E-state index in [2.05, 4.69) is 6.07 Å². The number of benzene rings is 1. The minimum Gasteiger partial charge on any atom is -0.381 e. The fourth-order valence-electron chi connectivity index (χ4n) is 2.13. The zero-order chi connectivity index (χ0) is 11.4. The van der Waals surface area contributed by atoms with Crippen molar-refractivity contribution in [2.24, 2.45) is 11.7 Å². The molecule has 0 amide bonds. The van der Waals surface area contributed by atoms with Gasteiger partial charge in [-0.25, -0.2) is 0 Å². The van der Waals surface area contributed by atoms with Gasteiger partial charge in [0.1, 0.15) is 0 Å². The molecule has 2 N–H and O–H groups in total. The second-order valence-electron chi connectivity index (χ2n) is 4.21. The lowest BCUT2D eigenvalue weighted by Crippen LogP contribution is -2.27. The van der Waals surface area contributed by atoms with Crippen LogP contribution < -0.4 is 5.73 Å². The quantitative estimate of drug-likeness (QED) is 0.822. The molecule has 1 aliphatic rings. The zero-order valence-corrected chi connectivity index (χ0v) is 9.23. The van der Waals surface area contributed by atoms with Gasteiger partial charge in [0, 0.05) is 19.3 Å². The Morgan fingerprint density at radius 1 is 1.25 bits per heavy atom. The molecule has 0 radical (unpaired) electrons. The Morgan fingerprint density at radius 3 is 2.44 bits per heavy atom. The van der Waals surface area contributed by atoms with Gasteiger partial charge in [-0.1, -0.05) is 12.1 Å². The second-order valence-corrected chi connectivity index (χ2v) is 4.21. The Morgan fingerprint density at radius 2 is 1.88 bits per heavy atom. The van der Waals surface area contributed by atoms with Crippen LogP contribution in [0.3, 0.4) is 0 Å². The number of nitrogens with two attached hydrogens (primary N) is 1. The molecule has 1 aromatic carbocycles. The van der Waals surface area contributed by atoms with Crippen molar-refractivity contribution in [1.29, 1.82) is 5.26 Å². The topological polar surface area (TPSA) is 59.0 Å². The van der Waals surface area contributed by atoms with Crippen LogP contribution in [-0.4, -0.2) is 13.2 Å². The van der Waals surface area contributed by atoms with Crippen LogP contribution in [0, 0.1) is 17.2 Å². The molecule has 0 aliphatic carbocycles. The zero-order valence-electron chi connectivity index (χ0n) is 9.23. The van der Waals surface area contributed by atoms with E-state index in [9.17, 15) is 0 Å². The third-order valence-electron chi connectivity index (χ3n) is 3.20. The van der Waals surface area contributed by atoms with Crippen molar-refractivity contribution >= 4 is 0 Å². The standard InChI is InChI=1S/C13H16N2O/c14-9-10-1-3-11(4-2-10)13(15)12-5-7-16-8-6-12/h1-4,12-13H,5-8,15H2/t13-/m0/s1. The van der Waals surface area contributed by atoms with Crippen molar-refractivity contribution in [1.82, 2.24) is 0 Å². The summed E-state index contributed by atoms with van der Waals surface area (Å²) in [6.45, 7) is 1.63. The Balaban J connectivity index is 2.07. The summed E-state index contributed by atoms with van der Waals surface area (Å²) in [6, 6.07) is 9.75. The number of ether oxygens (including phenoxy) is 1. The fourth-order valence-corrected chi connectivity index (χ4v) is 2.13. The molecule has 1 fully saturated rings. The van der Waals surface area contributed by atoms with E-state index in [1.165, 1.54) is 0 Å². The van der Waals surface area contributed by atoms with Crippen molar-refractivity contribution in [3.05, 3.63) is 35.4 Å². The highest BCUT2D eigenvalue weighted by atomic mass is 16.5. The van der Waals surface area contributed by atoms with Crippen molar-refractivity contribution in [3.63, 3.8) is 0 Å². The summed E-state index contributed by atoms with van der Waals surface area (Å²) in [5.74, 6) is 0.502. The predicted molar refractivity (Wildman–Crippen MR) is 61.6 cm³/mol. The van der Waals surface area contributed by atoms with Crippen LogP contribution in [0.4, 0.5) is 0 Å². The molecule has 2 rings (SSSR count). The highest BCUT2D eigenvalue weighted by Crippen LogP contribution is 2.27. The Hall–Kier alpha value is -1.37. The Labute approximate surface area is 95.8 Å². The number of hydrogen-bond acceptors (Lipinski definition) is 3. The molecule has 84 valence electrons. The molecule has 1 saturated heterocycles. The number of hydrogen-bond donors (Lipinski definition) is 1. The monoisotopic (exact) mass is 216 g/mol. The van der Waals surface area contributed by atoms with Crippen LogP contribution in [0.2, 0.25) is 0 Å². The first-order valence-corrected chi connectivity index (χ1v) is 5.64. The van der Waals surface area contributed by atoms with Crippen molar-refractivity contribution in [2.75, 3.05) is 13.2 Å². The van der Waals surface area contributed by atoms with Gasteiger partial charge in [0.25, 0.3) is 0 Å². The van der Waals surface area contributed by atoms with Gasteiger partial charge in [-0.05, 0) is 36.5 Å². The third-order valence-corrected chi connectivity index (χ3v) is 3.20. The summed E-state index contributed by atoms with van der Waals surface area (Å²) in [4.78, 5) is 0. The first kappa shape index (κ1) is 11.1. The van der Waals surface area contributed by atoms with Gasteiger partial charge in [0.15, 0.2) is 0 Å². The van der Waals surface area contributed by atoms with Gasteiger partial charge in [0.2, 0.25) is 0 Å². The molecule has 3 heteroatoms. The minimum atomic E-state index is 0.0663. The number of rotatable bonds is 2. The summed E-state index contributed by atoms with van der Waals surface area (Å²) in [6.07, 6.45) is 2.06. The van der Waals surface area contributed by atoms with E-state index in [1.807, 2.05) is 24.3 Å². The molecule has 3 nitrogen and oxygen atoms in total. The number of nitrogens with zero attached hydrogens (tertiary/aromatic N) is 1. The average molecular weight is 216 g/mol. The largest absolute Gasteiger partial charge is 0.381 e. The van der Waals surface area contributed by atoms with Gasteiger partial charge < -0.3 is 10.5 Å². The summed E-state index contributed by atoms with van der Waals surface area (Å²) in [5, 5.41) is 8.72. The summed E-state index contributed by atoms with van der Waals surface area (Å²) in [5.41, 5.74) is 8.02. The average Bonchev–Trinajstić information content (AvgIpc) is 2.39. The van der Waals surface area contributed by atoms with Crippen molar-refractivity contribution in [3.8, 4) is 6.07 Å². The van der Waals surface area contributed by atoms with Gasteiger partial charge in [-0.2, -0.15) is 5.26 Å². The lowest BCUT2D eigenvalue weighted by atomic mass is 9.87. The molecule has 1 aromatic rings. The Bertz CT molecular complexity index is 374. The molecule has 0 bridgehead atoms. The van der Waals surface area contributed by atoms with Gasteiger partial charge >= 0.3 is 0 Å². The highest BCUT2D eigenvalue weighted by Gasteiger charge is 2.21. The van der Waals surface area contributed by atoms with Crippen molar-refractivity contribution < 1.29 is 4.74 Å². The lowest BCUT2D eigenvalue weighted by molar-refractivity contribution is 0.0584. The van der Waals surface area contributed by atoms with Gasteiger partial charge in [-0.3, -0.25) is 0 Å². The van der Waals surface area contributed by atoms with E-state index >= 15 is 0 Å². The first-order valence-electron chi connectivity index (χ1n) is 5.64. The highest BCUT2D eigenvalue weighted by molar-refractivity contribution is 5.33. The number of nitriles is 1. The van der Waals surface area contributed by atoms with E-state index in [0.717, 1.165) is 31.6 Å². The van der Waals surface area contributed by atoms with E-state index in [4.69, 9.17) is 15.7 Å². The van der Waals surface area contributed by atoms with E-state index in [0.29, 0.717) is 11.5 Å². The summed E-state index contributed by atoms with van der Waals surface area (Å²) >= 11 is 0. The Kier molecular flexibility index (Phi) is 3.55. The van der Waals surface area contributed by atoms with Crippen molar-refractivity contribution in [2.45, 2.75) is 18.9 Å². The lowest BCUT2D eigenvalue weighted by Gasteiger charge is -2.27. The second kappa shape index (κ2) is 5.11. The third kappa shape index (κ3) is 2.41. The molecular formula is C13H16N2O. The van der Waals surface area contributed by atoms with Crippen LogP contribution in [0.15, 0.2) is 24.3 Å². The molecule has 1 atom stereocenters. The molecule has 0 aromatic heterocycles. The smallest absolute Gasteiger partial charge is 0.0991 e. The normalized spacial score (nSPS) is 19.0. The molecule has 0 saturated carbocycles. The maximum atomic E-state index is 8.72. The maximum absolute atomic E-state index is 8.72. The maximum Gasteiger partial charge on any atom is 0.0991 e. The van der Waals surface area contributed by atoms with E-state index < -0.39 is 0 Å². The van der Waals surface area contributed by atoms with Gasteiger partial charge in [-0.15, -0.1) is 0 Å². The fraction of sp³-hybridized carbons (Fsp3) is 0.462.